The second-order valence-electron chi connectivity index (χ2n) is 7.93. The zero-order valence-electron chi connectivity index (χ0n) is 17.7. The third-order valence-electron chi connectivity index (χ3n) is 5.22. The predicted molar refractivity (Wildman–Crippen MR) is 129 cm³/mol. The Labute approximate surface area is 187 Å². The van der Waals surface area contributed by atoms with E-state index in [2.05, 4.69) is 41.3 Å². The number of halogens is 1. The minimum Gasteiger partial charge on any atom is -0.338 e. The fourth-order valence-electron chi connectivity index (χ4n) is 3.34. The van der Waals surface area contributed by atoms with Gasteiger partial charge in [-0.1, -0.05) is 49.7 Å². The number of fused-ring (bicyclic) bond motifs is 1. The molecule has 0 unspecified atom stereocenters. The third-order valence-corrected chi connectivity index (χ3v) is 5.63. The Kier molecular flexibility index (Phi) is 5.92. The average molecular weight is 430 g/mol. The van der Waals surface area contributed by atoms with Crippen LogP contribution < -0.4 is 5.32 Å². The number of carbonyl (C=O) groups excluding carboxylic acids is 1. The first-order valence-corrected chi connectivity index (χ1v) is 10.6. The zero-order valence-corrected chi connectivity index (χ0v) is 18.5. The second kappa shape index (κ2) is 8.78. The quantitative estimate of drug-likeness (QED) is 0.336. The van der Waals surface area contributed by atoms with E-state index in [9.17, 15) is 4.79 Å². The molecule has 0 atom stereocenters. The standard InChI is InChI=1S/C26H24ClN3O/c1-16(2)19-7-4-18(5-8-19)6-13-25(31)28-21-11-9-20(10-12-21)26-29-23-14-17(3)22(27)15-24(23)30-26/h4-16H,1-3H3,(H,28,31)(H,29,30)/b13-6+. The van der Waals surface area contributed by atoms with Gasteiger partial charge < -0.3 is 10.3 Å². The fourth-order valence-corrected chi connectivity index (χ4v) is 3.49. The zero-order chi connectivity index (χ0) is 22.0. The van der Waals surface area contributed by atoms with Crippen LogP contribution >= 0.6 is 11.6 Å². The summed E-state index contributed by atoms with van der Waals surface area (Å²) in [6.07, 6.45) is 3.36. The fraction of sp³-hybridized carbons (Fsp3) is 0.154. The predicted octanol–water partition coefficient (Wildman–Crippen LogP) is 6.97. The number of hydrogen-bond donors (Lipinski definition) is 2. The van der Waals surface area contributed by atoms with Crippen LogP contribution in [0.1, 0.15) is 36.5 Å². The summed E-state index contributed by atoms with van der Waals surface area (Å²) in [4.78, 5) is 20.2. The van der Waals surface area contributed by atoms with Gasteiger partial charge in [-0.3, -0.25) is 4.79 Å². The van der Waals surface area contributed by atoms with Crippen molar-refractivity contribution >= 4 is 40.3 Å². The number of carbonyl (C=O) groups is 1. The van der Waals surface area contributed by atoms with E-state index in [-0.39, 0.29) is 5.91 Å². The van der Waals surface area contributed by atoms with Gasteiger partial charge in [0.1, 0.15) is 5.82 Å². The minimum absolute atomic E-state index is 0.172. The van der Waals surface area contributed by atoms with E-state index in [0.717, 1.165) is 39.2 Å². The summed E-state index contributed by atoms with van der Waals surface area (Å²) in [5.74, 6) is 1.08. The Bertz CT molecular complexity index is 1210. The van der Waals surface area contributed by atoms with Crippen LogP contribution in [-0.4, -0.2) is 15.9 Å². The van der Waals surface area contributed by atoms with Gasteiger partial charge in [-0.05, 0) is 72.0 Å². The van der Waals surface area contributed by atoms with Gasteiger partial charge in [-0.25, -0.2) is 4.98 Å². The first-order valence-electron chi connectivity index (χ1n) is 10.2. The molecule has 0 aliphatic carbocycles. The van der Waals surface area contributed by atoms with Crippen molar-refractivity contribution in [3.63, 3.8) is 0 Å². The highest BCUT2D eigenvalue weighted by molar-refractivity contribution is 6.32. The molecular formula is C26H24ClN3O. The summed E-state index contributed by atoms with van der Waals surface area (Å²) in [6.45, 7) is 6.29. The number of aromatic amines is 1. The van der Waals surface area contributed by atoms with Crippen molar-refractivity contribution in [1.29, 1.82) is 0 Å². The number of hydrogen-bond acceptors (Lipinski definition) is 2. The van der Waals surface area contributed by atoms with Gasteiger partial charge >= 0.3 is 0 Å². The van der Waals surface area contributed by atoms with Crippen molar-refractivity contribution in [3.05, 3.63) is 88.5 Å². The second-order valence-corrected chi connectivity index (χ2v) is 8.33. The van der Waals surface area contributed by atoms with Crippen molar-refractivity contribution in [2.75, 3.05) is 5.32 Å². The van der Waals surface area contributed by atoms with Gasteiger partial charge in [0.2, 0.25) is 5.91 Å². The van der Waals surface area contributed by atoms with E-state index in [1.807, 2.05) is 61.5 Å². The van der Waals surface area contributed by atoms with Gasteiger partial charge in [-0.15, -0.1) is 0 Å². The van der Waals surface area contributed by atoms with Crippen molar-refractivity contribution in [1.82, 2.24) is 9.97 Å². The molecule has 2 N–H and O–H groups in total. The Morgan fingerprint density at radius 1 is 1.06 bits per heavy atom. The highest BCUT2D eigenvalue weighted by atomic mass is 35.5. The maximum absolute atomic E-state index is 12.3. The molecule has 0 aliphatic rings. The largest absolute Gasteiger partial charge is 0.338 e. The summed E-state index contributed by atoms with van der Waals surface area (Å²) in [5.41, 5.74) is 6.72. The molecule has 156 valence electrons. The van der Waals surface area contributed by atoms with Crippen LogP contribution in [0.5, 0.6) is 0 Å². The number of anilines is 1. The van der Waals surface area contributed by atoms with Crippen LogP contribution in [0.25, 0.3) is 28.5 Å². The summed E-state index contributed by atoms with van der Waals surface area (Å²) in [6, 6.07) is 19.7. The molecule has 0 fully saturated rings. The maximum Gasteiger partial charge on any atom is 0.248 e. The highest BCUT2D eigenvalue weighted by Crippen LogP contribution is 2.26. The number of nitrogens with zero attached hydrogens (tertiary/aromatic N) is 1. The molecule has 3 aromatic carbocycles. The Balaban J connectivity index is 1.43. The molecule has 1 amide bonds. The number of nitrogens with one attached hydrogen (secondary N) is 2. The molecule has 1 aromatic heterocycles. The van der Waals surface area contributed by atoms with Gasteiger partial charge in [0.05, 0.1) is 11.0 Å². The lowest BCUT2D eigenvalue weighted by molar-refractivity contribution is -0.111. The van der Waals surface area contributed by atoms with Gasteiger partial charge in [-0.2, -0.15) is 0 Å². The van der Waals surface area contributed by atoms with Crippen LogP contribution in [-0.2, 0) is 4.79 Å². The molecule has 31 heavy (non-hydrogen) atoms. The van der Waals surface area contributed by atoms with E-state index in [1.165, 1.54) is 5.56 Å². The lowest BCUT2D eigenvalue weighted by Crippen LogP contribution is -2.07. The monoisotopic (exact) mass is 429 g/mol. The van der Waals surface area contributed by atoms with E-state index >= 15 is 0 Å². The molecule has 0 saturated heterocycles. The number of aromatic nitrogens is 2. The van der Waals surface area contributed by atoms with Gasteiger partial charge in [0.15, 0.2) is 0 Å². The number of aryl methyl sites for hydroxylation is 1. The van der Waals surface area contributed by atoms with Crippen LogP contribution in [0, 0.1) is 6.92 Å². The third kappa shape index (κ3) is 4.86. The average Bonchev–Trinajstić information content (AvgIpc) is 3.16. The number of rotatable bonds is 5. The van der Waals surface area contributed by atoms with E-state index in [0.29, 0.717) is 10.9 Å². The van der Waals surface area contributed by atoms with E-state index in [1.54, 1.807) is 6.08 Å². The van der Waals surface area contributed by atoms with Crippen LogP contribution in [0.2, 0.25) is 5.02 Å². The first-order chi connectivity index (χ1) is 14.9. The van der Waals surface area contributed by atoms with E-state index in [4.69, 9.17) is 11.6 Å². The molecule has 0 spiro atoms. The van der Waals surface area contributed by atoms with Crippen molar-refractivity contribution in [2.24, 2.45) is 0 Å². The summed E-state index contributed by atoms with van der Waals surface area (Å²) in [5, 5.41) is 3.59. The molecule has 5 heteroatoms. The Morgan fingerprint density at radius 3 is 2.45 bits per heavy atom. The maximum atomic E-state index is 12.3. The molecule has 1 heterocycles. The number of benzene rings is 3. The van der Waals surface area contributed by atoms with Crippen LogP contribution in [0.4, 0.5) is 5.69 Å². The number of H-pyrrole nitrogens is 1. The molecule has 0 aliphatic heterocycles. The molecule has 4 aromatic rings. The lowest BCUT2D eigenvalue weighted by atomic mass is 10.0. The number of amides is 1. The van der Waals surface area contributed by atoms with Crippen molar-refractivity contribution in [2.45, 2.75) is 26.7 Å². The first kappa shape index (κ1) is 20.9. The normalized spacial score (nSPS) is 11.5. The lowest BCUT2D eigenvalue weighted by Gasteiger charge is -2.05. The van der Waals surface area contributed by atoms with Gasteiger partial charge in [0, 0.05) is 22.3 Å². The summed E-state index contributed by atoms with van der Waals surface area (Å²) >= 11 is 6.20. The molecule has 0 bridgehead atoms. The van der Waals surface area contributed by atoms with Crippen LogP contribution in [0.15, 0.2) is 66.7 Å². The summed E-state index contributed by atoms with van der Waals surface area (Å²) < 4.78 is 0. The van der Waals surface area contributed by atoms with Gasteiger partial charge in [0.25, 0.3) is 0 Å². The Hall–Kier alpha value is -3.37. The smallest absolute Gasteiger partial charge is 0.248 e. The topological polar surface area (TPSA) is 57.8 Å². The van der Waals surface area contributed by atoms with Crippen molar-refractivity contribution < 1.29 is 4.79 Å². The molecular weight excluding hydrogens is 406 g/mol. The highest BCUT2D eigenvalue weighted by Gasteiger charge is 2.08. The molecule has 0 radical (unpaired) electrons. The molecule has 4 rings (SSSR count). The van der Waals surface area contributed by atoms with E-state index < -0.39 is 0 Å². The number of imidazole rings is 1. The van der Waals surface area contributed by atoms with Crippen LogP contribution in [0.3, 0.4) is 0 Å². The SMILES string of the molecule is Cc1cc2[nH]c(-c3ccc(NC(=O)/C=C/c4ccc(C(C)C)cc4)cc3)nc2cc1Cl. The molecule has 0 saturated carbocycles. The summed E-state index contributed by atoms with van der Waals surface area (Å²) in [7, 11) is 0. The molecule has 4 nitrogen and oxygen atoms in total. The van der Waals surface area contributed by atoms with Crippen molar-refractivity contribution in [3.8, 4) is 11.4 Å². The Morgan fingerprint density at radius 2 is 1.77 bits per heavy atom. The minimum atomic E-state index is -0.172.